The predicted octanol–water partition coefficient (Wildman–Crippen LogP) is 4.61. The normalized spacial score (nSPS) is 11.6. The topological polar surface area (TPSA) is 57.0 Å². The summed E-state index contributed by atoms with van der Waals surface area (Å²) in [5.74, 6) is -0.321. The van der Waals surface area contributed by atoms with Crippen molar-refractivity contribution in [2.24, 2.45) is 0 Å². The Hall–Kier alpha value is -2.21. The van der Waals surface area contributed by atoms with E-state index in [0.29, 0.717) is 16.6 Å². The Balaban J connectivity index is 1.97. The summed E-state index contributed by atoms with van der Waals surface area (Å²) in [4.78, 5) is 21.9. The van der Waals surface area contributed by atoms with Crippen molar-refractivity contribution in [3.8, 4) is 10.7 Å². The molecule has 0 fully saturated rings. The molecule has 0 unspecified atom stereocenters. The van der Waals surface area contributed by atoms with Crippen molar-refractivity contribution in [2.45, 2.75) is 46.8 Å². The van der Waals surface area contributed by atoms with Crippen molar-refractivity contribution in [3.05, 3.63) is 35.0 Å². The van der Waals surface area contributed by atoms with Crippen LogP contribution in [0, 0.1) is 6.92 Å². The molecule has 3 aromatic heterocycles. The highest BCUT2D eigenvalue weighted by molar-refractivity contribution is 7.17. The monoisotopic (exact) mass is 343 g/mol. The fourth-order valence-electron chi connectivity index (χ4n) is 2.57. The Morgan fingerprint density at radius 2 is 1.92 bits per heavy atom. The largest absolute Gasteiger partial charge is 0.459 e. The molecule has 24 heavy (non-hydrogen) atoms. The molecule has 126 valence electrons. The van der Waals surface area contributed by atoms with Crippen LogP contribution < -0.4 is 0 Å². The fourth-order valence-corrected chi connectivity index (χ4v) is 3.49. The second-order valence-electron chi connectivity index (χ2n) is 6.31. The molecule has 0 spiro atoms. The van der Waals surface area contributed by atoms with Gasteiger partial charge in [-0.25, -0.2) is 14.8 Å². The van der Waals surface area contributed by atoms with E-state index in [1.165, 1.54) is 11.3 Å². The molecule has 0 saturated carbocycles. The van der Waals surface area contributed by atoms with Gasteiger partial charge in [0.05, 0.1) is 28.5 Å². The van der Waals surface area contributed by atoms with E-state index >= 15 is 0 Å². The number of rotatable bonds is 4. The van der Waals surface area contributed by atoms with Crippen LogP contribution in [0.15, 0.2) is 24.4 Å². The van der Waals surface area contributed by atoms with Gasteiger partial charge in [-0.1, -0.05) is 0 Å². The maximum atomic E-state index is 12.1. The van der Waals surface area contributed by atoms with E-state index < -0.39 is 0 Å². The molecule has 3 rings (SSSR count). The minimum absolute atomic E-state index is 0.146. The summed E-state index contributed by atoms with van der Waals surface area (Å²) in [6, 6.07) is 6.40. The highest BCUT2D eigenvalue weighted by atomic mass is 32.1. The average molecular weight is 343 g/mol. The lowest BCUT2D eigenvalue weighted by Crippen LogP contribution is -2.11. The Bertz CT molecular complexity index is 893. The summed E-state index contributed by atoms with van der Waals surface area (Å²) in [6.07, 6.45) is 1.90. The molecule has 6 heteroatoms. The number of thiazole rings is 1. The molecule has 5 nitrogen and oxygen atoms in total. The molecule has 0 radical (unpaired) electrons. The van der Waals surface area contributed by atoms with Crippen molar-refractivity contribution in [1.29, 1.82) is 0 Å². The van der Waals surface area contributed by atoms with Gasteiger partial charge in [-0.05, 0) is 52.8 Å². The lowest BCUT2D eigenvalue weighted by molar-refractivity contribution is 0.0382. The third-order valence-corrected chi connectivity index (χ3v) is 4.83. The van der Waals surface area contributed by atoms with Gasteiger partial charge in [0, 0.05) is 12.2 Å². The van der Waals surface area contributed by atoms with Gasteiger partial charge < -0.3 is 9.30 Å². The van der Waals surface area contributed by atoms with Crippen molar-refractivity contribution >= 4 is 28.3 Å². The Morgan fingerprint density at radius 1 is 1.17 bits per heavy atom. The summed E-state index contributed by atoms with van der Waals surface area (Å²) < 4.78 is 7.46. The highest BCUT2D eigenvalue weighted by Gasteiger charge is 2.19. The SMILES string of the molecule is Cc1nc(-c2ccc3c(ccn3C(C)C)n2)sc1C(=O)OC(C)C. The molecule has 0 aliphatic heterocycles. The van der Waals surface area contributed by atoms with Gasteiger partial charge in [0.1, 0.15) is 9.88 Å². The smallest absolute Gasteiger partial charge is 0.350 e. The Morgan fingerprint density at radius 3 is 2.58 bits per heavy atom. The predicted molar refractivity (Wildman–Crippen MR) is 96.5 cm³/mol. The zero-order chi connectivity index (χ0) is 17.4. The highest BCUT2D eigenvalue weighted by Crippen LogP contribution is 2.29. The third kappa shape index (κ3) is 3.06. The molecule has 3 heterocycles. The third-order valence-electron chi connectivity index (χ3n) is 3.67. The zero-order valence-electron chi connectivity index (χ0n) is 14.5. The van der Waals surface area contributed by atoms with Crippen LogP contribution in [0.4, 0.5) is 0 Å². The first-order valence-electron chi connectivity index (χ1n) is 8.03. The molecule has 0 atom stereocenters. The number of carbonyl (C=O) groups excluding carboxylic acids is 1. The molecule has 0 saturated heterocycles. The first kappa shape index (κ1) is 16.6. The molecule has 0 N–H and O–H groups in total. The molecule has 0 aromatic carbocycles. The number of carbonyl (C=O) groups is 1. The number of nitrogens with zero attached hydrogens (tertiary/aromatic N) is 3. The molecule has 0 aliphatic rings. The van der Waals surface area contributed by atoms with Gasteiger partial charge in [-0.3, -0.25) is 0 Å². The number of esters is 1. The summed E-state index contributed by atoms with van der Waals surface area (Å²) in [5, 5.41) is 0.738. The van der Waals surface area contributed by atoms with Crippen LogP contribution in [-0.4, -0.2) is 26.6 Å². The first-order chi connectivity index (χ1) is 11.4. The number of pyridine rings is 1. The van der Waals surface area contributed by atoms with Crippen molar-refractivity contribution in [2.75, 3.05) is 0 Å². The van der Waals surface area contributed by atoms with Gasteiger partial charge >= 0.3 is 5.97 Å². The lowest BCUT2D eigenvalue weighted by Gasteiger charge is -2.08. The maximum absolute atomic E-state index is 12.1. The number of ether oxygens (including phenoxy) is 1. The van der Waals surface area contributed by atoms with E-state index in [9.17, 15) is 4.79 Å². The average Bonchev–Trinajstić information content (AvgIpc) is 3.09. The van der Waals surface area contributed by atoms with E-state index in [0.717, 1.165) is 21.7 Å². The molecular formula is C18H21N3O2S. The van der Waals surface area contributed by atoms with Crippen LogP contribution in [0.3, 0.4) is 0 Å². The molecule has 0 aliphatic carbocycles. The van der Waals surface area contributed by atoms with Gasteiger partial charge in [0.2, 0.25) is 0 Å². The lowest BCUT2D eigenvalue weighted by atomic mass is 10.3. The number of aromatic nitrogens is 3. The van der Waals surface area contributed by atoms with E-state index in [1.807, 2.05) is 39.1 Å². The van der Waals surface area contributed by atoms with Crippen LogP contribution >= 0.6 is 11.3 Å². The molecule has 0 bridgehead atoms. The minimum Gasteiger partial charge on any atom is -0.459 e. The number of hydrogen-bond donors (Lipinski definition) is 0. The van der Waals surface area contributed by atoms with E-state index in [4.69, 9.17) is 9.72 Å². The number of fused-ring (bicyclic) bond motifs is 1. The number of aryl methyl sites for hydroxylation is 1. The summed E-state index contributed by atoms with van der Waals surface area (Å²) >= 11 is 1.33. The first-order valence-corrected chi connectivity index (χ1v) is 8.85. The maximum Gasteiger partial charge on any atom is 0.350 e. The second-order valence-corrected chi connectivity index (χ2v) is 7.30. The van der Waals surface area contributed by atoms with Crippen LogP contribution in [0.25, 0.3) is 21.7 Å². The van der Waals surface area contributed by atoms with Crippen LogP contribution in [0.5, 0.6) is 0 Å². The standard InChI is InChI=1S/C18H21N3O2S/c1-10(2)21-9-8-13-15(21)7-6-14(20-13)17-19-12(5)16(24-17)18(22)23-11(3)4/h6-11H,1-5H3. The van der Waals surface area contributed by atoms with E-state index in [-0.39, 0.29) is 12.1 Å². The Labute approximate surface area is 145 Å². The summed E-state index contributed by atoms with van der Waals surface area (Å²) in [7, 11) is 0. The molecule has 0 amide bonds. The minimum atomic E-state index is -0.321. The van der Waals surface area contributed by atoms with E-state index in [2.05, 4.69) is 29.5 Å². The van der Waals surface area contributed by atoms with Gasteiger partial charge in [-0.2, -0.15) is 0 Å². The fraction of sp³-hybridized carbons (Fsp3) is 0.389. The van der Waals surface area contributed by atoms with Gasteiger partial charge in [0.25, 0.3) is 0 Å². The van der Waals surface area contributed by atoms with E-state index in [1.54, 1.807) is 0 Å². The van der Waals surface area contributed by atoms with Crippen molar-refractivity contribution in [1.82, 2.24) is 14.5 Å². The molecule has 3 aromatic rings. The van der Waals surface area contributed by atoms with Crippen LogP contribution in [-0.2, 0) is 4.74 Å². The number of hydrogen-bond acceptors (Lipinski definition) is 5. The Kier molecular flexibility index (Phi) is 4.41. The van der Waals surface area contributed by atoms with Crippen molar-refractivity contribution in [3.63, 3.8) is 0 Å². The van der Waals surface area contributed by atoms with Gasteiger partial charge in [0.15, 0.2) is 0 Å². The summed E-state index contributed by atoms with van der Waals surface area (Å²) in [5.41, 5.74) is 3.49. The zero-order valence-corrected chi connectivity index (χ0v) is 15.3. The van der Waals surface area contributed by atoms with Gasteiger partial charge in [-0.15, -0.1) is 11.3 Å². The summed E-state index contributed by atoms with van der Waals surface area (Å²) in [6.45, 7) is 9.78. The quantitative estimate of drug-likeness (QED) is 0.649. The van der Waals surface area contributed by atoms with Crippen LogP contribution in [0.1, 0.15) is 49.1 Å². The van der Waals surface area contributed by atoms with Crippen LogP contribution in [0.2, 0.25) is 0 Å². The molecular weight excluding hydrogens is 322 g/mol. The second kappa shape index (κ2) is 6.36. The van der Waals surface area contributed by atoms with Crippen molar-refractivity contribution < 1.29 is 9.53 Å².